The molecule has 0 atom stereocenters. The Morgan fingerprint density at radius 3 is 2.62 bits per heavy atom. The Balaban J connectivity index is 1.99. The van der Waals surface area contributed by atoms with Crippen molar-refractivity contribution in [2.45, 2.75) is 17.1 Å². The van der Waals surface area contributed by atoms with Crippen molar-refractivity contribution >= 4 is 33.5 Å². The minimum absolute atomic E-state index is 0.0140. The summed E-state index contributed by atoms with van der Waals surface area (Å²) >= 11 is 1.29. The standard InChI is InChI=1S/C17H19NO6S2/c1-26(22,23)10-4-8-18-16(19)13-5-2-3-6-15(13)25-11-14-12(17(20)21)7-9-24-14/h2-3,5-7,9H,4,8,10-11H2,1H3,(H,18,19)(H,20,21). The summed E-state index contributed by atoms with van der Waals surface area (Å²) in [7, 11) is -3.05. The van der Waals surface area contributed by atoms with Crippen LogP contribution in [0.3, 0.4) is 0 Å². The number of carbonyl (C=O) groups excluding carboxylic acids is 1. The van der Waals surface area contributed by atoms with Gasteiger partial charge in [-0.15, -0.1) is 11.8 Å². The van der Waals surface area contributed by atoms with E-state index in [0.717, 1.165) is 6.26 Å². The molecule has 26 heavy (non-hydrogen) atoms. The van der Waals surface area contributed by atoms with E-state index in [1.54, 1.807) is 24.3 Å². The van der Waals surface area contributed by atoms with Gasteiger partial charge in [0.05, 0.1) is 23.3 Å². The smallest absolute Gasteiger partial charge is 0.339 e. The second-order valence-corrected chi connectivity index (χ2v) is 8.86. The number of amides is 1. The summed E-state index contributed by atoms with van der Waals surface area (Å²) in [5.41, 5.74) is 0.542. The lowest BCUT2D eigenvalue weighted by Crippen LogP contribution is -2.26. The molecule has 0 unspecified atom stereocenters. The Morgan fingerprint density at radius 1 is 1.19 bits per heavy atom. The molecule has 0 aliphatic carbocycles. The molecule has 0 aliphatic heterocycles. The fourth-order valence-corrected chi connectivity index (χ4v) is 3.87. The van der Waals surface area contributed by atoms with Crippen LogP contribution in [0.25, 0.3) is 0 Å². The molecule has 1 amide bonds. The van der Waals surface area contributed by atoms with E-state index in [9.17, 15) is 18.0 Å². The van der Waals surface area contributed by atoms with Crippen LogP contribution in [0.1, 0.15) is 32.9 Å². The molecular weight excluding hydrogens is 378 g/mol. The van der Waals surface area contributed by atoms with E-state index < -0.39 is 15.8 Å². The third kappa shape index (κ3) is 5.92. The first-order valence-corrected chi connectivity index (χ1v) is 10.8. The van der Waals surface area contributed by atoms with Gasteiger partial charge in [-0.3, -0.25) is 4.79 Å². The van der Waals surface area contributed by atoms with Crippen LogP contribution in [-0.4, -0.2) is 44.0 Å². The highest BCUT2D eigenvalue weighted by Crippen LogP contribution is 2.28. The van der Waals surface area contributed by atoms with Gasteiger partial charge in [0.2, 0.25) is 0 Å². The Morgan fingerprint density at radius 2 is 1.92 bits per heavy atom. The molecule has 1 heterocycles. The van der Waals surface area contributed by atoms with Gasteiger partial charge in [0, 0.05) is 17.7 Å². The lowest BCUT2D eigenvalue weighted by atomic mass is 10.2. The van der Waals surface area contributed by atoms with E-state index in [2.05, 4.69) is 5.32 Å². The first-order valence-electron chi connectivity index (χ1n) is 7.75. The zero-order valence-electron chi connectivity index (χ0n) is 14.1. The van der Waals surface area contributed by atoms with Gasteiger partial charge in [0.15, 0.2) is 0 Å². The second kappa shape index (κ2) is 8.91. The van der Waals surface area contributed by atoms with E-state index in [1.165, 1.54) is 24.1 Å². The molecule has 0 bridgehead atoms. The third-order valence-electron chi connectivity index (χ3n) is 3.44. The number of sulfone groups is 1. The molecule has 140 valence electrons. The van der Waals surface area contributed by atoms with Crippen molar-refractivity contribution in [3.63, 3.8) is 0 Å². The lowest BCUT2D eigenvalue weighted by molar-refractivity contribution is 0.0694. The Labute approximate surface area is 155 Å². The normalized spacial score (nSPS) is 11.3. The van der Waals surface area contributed by atoms with Crippen molar-refractivity contribution in [2.24, 2.45) is 0 Å². The SMILES string of the molecule is CS(=O)(=O)CCCNC(=O)c1ccccc1SCc1occc1C(=O)O. The molecule has 0 fully saturated rings. The average molecular weight is 397 g/mol. The number of nitrogens with one attached hydrogen (secondary N) is 1. The minimum atomic E-state index is -3.05. The van der Waals surface area contributed by atoms with Crippen LogP contribution >= 0.6 is 11.8 Å². The zero-order valence-corrected chi connectivity index (χ0v) is 15.7. The van der Waals surface area contributed by atoms with Crippen LogP contribution in [0, 0.1) is 0 Å². The van der Waals surface area contributed by atoms with Gasteiger partial charge < -0.3 is 14.8 Å². The second-order valence-electron chi connectivity index (χ2n) is 5.59. The molecule has 0 saturated heterocycles. The summed E-state index contributed by atoms with van der Waals surface area (Å²) in [6, 6.07) is 8.32. The van der Waals surface area contributed by atoms with Gasteiger partial charge >= 0.3 is 5.97 Å². The predicted octanol–water partition coefficient (Wildman–Crippen LogP) is 2.43. The number of carboxylic acids is 1. The number of thioether (sulfide) groups is 1. The monoisotopic (exact) mass is 397 g/mol. The fraction of sp³-hybridized carbons (Fsp3) is 0.294. The van der Waals surface area contributed by atoms with Crippen LogP contribution < -0.4 is 5.32 Å². The van der Waals surface area contributed by atoms with E-state index in [4.69, 9.17) is 9.52 Å². The number of rotatable bonds is 9. The summed E-state index contributed by atoms with van der Waals surface area (Å²) in [6.45, 7) is 0.256. The topological polar surface area (TPSA) is 114 Å². The third-order valence-corrected chi connectivity index (χ3v) is 5.55. The maximum Gasteiger partial charge on any atom is 0.339 e. The Bertz CT molecular complexity index is 888. The summed E-state index contributed by atoms with van der Waals surface area (Å²) in [5, 5.41) is 11.8. The fourth-order valence-electron chi connectivity index (χ4n) is 2.20. The van der Waals surface area contributed by atoms with Gasteiger partial charge in [-0.2, -0.15) is 0 Å². The molecule has 0 spiro atoms. The van der Waals surface area contributed by atoms with Gasteiger partial charge in [-0.25, -0.2) is 13.2 Å². The quantitative estimate of drug-likeness (QED) is 0.493. The van der Waals surface area contributed by atoms with Gasteiger partial charge in [0.25, 0.3) is 5.91 Å². The summed E-state index contributed by atoms with van der Waals surface area (Å²) < 4.78 is 27.4. The lowest BCUT2D eigenvalue weighted by Gasteiger charge is -2.09. The molecule has 0 saturated carbocycles. The van der Waals surface area contributed by atoms with E-state index in [0.29, 0.717) is 22.6 Å². The molecule has 0 aliphatic rings. The largest absolute Gasteiger partial charge is 0.478 e. The number of hydrogen-bond donors (Lipinski definition) is 2. The van der Waals surface area contributed by atoms with Crippen LogP contribution in [0.2, 0.25) is 0 Å². The molecule has 2 N–H and O–H groups in total. The molecule has 2 aromatic rings. The number of carboxylic acid groups (broad SMARTS) is 1. The summed E-state index contributed by atoms with van der Waals surface area (Å²) in [5.74, 6) is -0.760. The van der Waals surface area contributed by atoms with E-state index >= 15 is 0 Å². The molecule has 0 radical (unpaired) electrons. The first kappa shape index (κ1) is 20.1. The van der Waals surface area contributed by atoms with E-state index in [-0.39, 0.29) is 29.5 Å². The highest BCUT2D eigenvalue weighted by molar-refractivity contribution is 7.98. The minimum Gasteiger partial charge on any atom is -0.478 e. The molecule has 1 aromatic heterocycles. The molecule has 1 aromatic carbocycles. The number of aromatic carboxylic acids is 1. The van der Waals surface area contributed by atoms with Crippen LogP contribution in [0.5, 0.6) is 0 Å². The van der Waals surface area contributed by atoms with Crippen molar-refractivity contribution in [3.8, 4) is 0 Å². The summed E-state index contributed by atoms with van der Waals surface area (Å²) in [6.07, 6.45) is 2.81. The Kier molecular flexibility index (Phi) is 6.87. The van der Waals surface area contributed by atoms with Crippen molar-refractivity contribution in [2.75, 3.05) is 18.6 Å². The average Bonchev–Trinajstić information content (AvgIpc) is 3.05. The van der Waals surface area contributed by atoms with E-state index in [1.807, 2.05) is 0 Å². The summed E-state index contributed by atoms with van der Waals surface area (Å²) in [4.78, 5) is 24.1. The Hall–Kier alpha value is -2.26. The maximum absolute atomic E-state index is 12.3. The molecule has 9 heteroatoms. The van der Waals surface area contributed by atoms with Crippen molar-refractivity contribution in [3.05, 3.63) is 53.5 Å². The van der Waals surface area contributed by atoms with Crippen molar-refractivity contribution < 1.29 is 27.5 Å². The molecular formula is C17H19NO6S2. The maximum atomic E-state index is 12.3. The van der Waals surface area contributed by atoms with Gasteiger partial charge in [-0.05, 0) is 24.6 Å². The highest BCUT2D eigenvalue weighted by atomic mass is 32.2. The first-order chi connectivity index (χ1) is 12.3. The van der Waals surface area contributed by atoms with Crippen LogP contribution in [0.15, 0.2) is 45.9 Å². The molecule has 2 rings (SSSR count). The highest BCUT2D eigenvalue weighted by Gasteiger charge is 2.16. The predicted molar refractivity (Wildman–Crippen MR) is 98.3 cm³/mol. The van der Waals surface area contributed by atoms with Crippen molar-refractivity contribution in [1.82, 2.24) is 5.32 Å². The van der Waals surface area contributed by atoms with Gasteiger partial charge in [-0.1, -0.05) is 12.1 Å². The number of benzene rings is 1. The van der Waals surface area contributed by atoms with Crippen LogP contribution in [-0.2, 0) is 15.6 Å². The van der Waals surface area contributed by atoms with Crippen LogP contribution in [0.4, 0.5) is 0 Å². The number of carbonyl (C=O) groups is 2. The van der Waals surface area contributed by atoms with Crippen molar-refractivity contribution in [1.29, 1.82) is 0 Å². The number of furan rings is 1. The zero-order chi connectivity index (χ0) is 19.2. The molecule has 7 nitrogen and oxygen atoms in total. The number of hydrogen-bond acceptors (Lipinski definition) is 6. The van der Waals surface area contributed by atoms with Gasteiger partial charge in [0.1, 0.15) is 21.2 Å².